The summed E-state index contributed by atoms with van der Waals surface area (Å²) in [4.78, 5) is 13.7. The molecule has 2 heterocycles. The Morgan fingerprint density at radius 1 is 1.35 bits per heavy atom. The maximum atomic E-state index is 12.2. The van der Waals surface area contributed by atoms with E-state index in [-0.39, 0.29) is 31.0 Å². The third-order valence-electron chi connectivity index (χ3n) is 3.43. The lowest BCUT2D eigenvalue weighted by atomic mass is 10.0. The fourth-order valence-corrected chi connectivity index (χ4v) is 2.44. The Labute approximate surface area is 101 Å². The summed E-state index contributed by atoms with van der Waals surface area (Å²) < 4.78 is 5.32. The van der Waals surface area contributed by atoms with Crippen LogP contribution in [0.1, 0.15) is 6.92 Å². The first-order valence-electron chi connectivity index (χ1n) is 6.09. The fraction of sp³-hybridized carbons (Fsp3) is 0.909. The molecular formula is C11H20N2O4. The Hall–Kier alpha value is -0.690. The summed E-state index contributed by atoms with van der Waals surface area (Å²) in [5.74, 6) is -0.239. The maximum Gasteiger partial charge on any atom is 0.229 e. The molecule has 4 unspecified atom stereocenters. The lowest BCUT2D eigenvalue weighted by molar-refractivity contribution is -0.135. The zero-order chi connectivity index (χ0) is 12.4. The van der Waals surface area contributed by atoms with Gasteiger partial charge in [-0.1, -0.05) is 6.92 Å². The number of likely N-dealkylation sites (N-methyl/N-ethyl adjacent to an activating group) is 1. The molecule has 4 atom stereocenters. The van der Waals surface area contributed by atoms with Crippen molar-refractivity contribution in [3.05, 3.63) is 0 Å². The van der Waals surface area contributed by atoms with E-state index in [0.29, 0.717) is 13.2 Å². The Bertz CT molecular complexity index is 277. The number of rotatable bonds is 3. The Morgan fingerprint density at radius 3 is 2.59 bits per heavy atom. The Balaban J connectivity index is 1.95. The number of aliphatic hydroxyl groups is 2. The van der Waals surface area contributed by atoms with Crippen molar-refractivity contribution in [1.82, 2.24) is 10.2 Å². The van der Waals surface area contributed by atoms with E-state index in [1.165, 1.54) is 4.90 Å². The molecule has 0 radical (unpaired) electrons. The van der Waals surface area contributed by atoms with Crippen molar-refractivity contribution in [2.24, 2.45) is 5.92 Å². The highest BCUT2D eigenvalue weighted by Crippen LogP contribution is 2.20. The third-order valence-corrected chi connectivity index (χ3v) is 3.43. The zero-order valence-corrected chi connectivity index (χ0v) is 10.0. The second-order valence-electron chi connectivity index (χ2n) is 4.69. The largest absolute Gasteiger partial charge is 0.388 e. The highest BCUT2D eigenvalue weighted by Gasteiger charge is 2.40. The number of aliphatic hydroxyl groups excluding tert-OH is 2. The lowest BCUT2D eigenvalue weighted by Crippen LogP contribution is -2.45. The molecule has 0 aromatic carbocycles. The molecule has 2 aliphatic heterocycles. The number of hydrogen-bond donors (Lipinski definition) is 3. The number of hydrogen-bond acceptors (Lipinski definition) is 5. The number of β-amino-alcohol motifs (C(OH)–C–C–N with tert-alkyl or cyclic N) is 2. The number of nitrogens with zero attached hydrogens (tertiary/aromatic N) is 1. The van der Waals surface area contributed by atoms with Gasteiger partial charge in [0.25, 0.3) is 0 Å². The summed E-state index contributed by atoms with van der Waals surface area (Å²) >= 11 is 0. The van der Waals surface area contributed by atoms with Gasteiger partial charge in [0, 0.05) is 19.1 Å². The molecule has 0 aliphatic carbocycles. The molecule has 98 valence electrons. The van der Waals surface area contributed by atoms with Crippen molar-refractivity contribution < 1.29 is 19.7 Å². The van der Waals surface area contributed by atoms with Crippen molar-refractivity contribution in [1.29, 1.82) is 0 Å². The number of ether oxygens (including phenoxy) is 1. The van der Waals surface area contributed by atoms with Crippen LogP contribution in [0, 0.1) is 5.92 Å². The van der Waals surface area contributed by atoms with Crippen LogP contribution in [-0.4, -0.2) is 72.1 Å². The van der Waals surface area contributed by atoms with Crippen LogP contribution in [0.4, 0.5) is 0 Å². The predicted octanol–water partition coefficient (Wildman–Crippen LogP) is -1.83. The molecule has 1 amide bonds. The van der Waals surface area contributed by atoms with Crippen LogP contribution in [0.5, 0.6) is 0 Å². The van der Waals surface area contributed by atoms with Crippen LogP contribution in [0.25, 0.3) is 0 Å². The standard InChI is InChI=1S/C11H20N2O4/c1-2-12-8-6-17-5-7(8)11(16)13-3-9(14)10(15)4-13/h7-10,12,14-15H,2-6H2,1H3. The molecule has 0 spiro atoms. The molecule has 0 aromatic heterocycles. The monoisotopic (exact) mass is 244 g/mol. The summed E-state index contributed by atoms with van der Waals surface area (Å²) in [7, 11) is 0. The Kier molecular flexibility index (Phi) is 3.98. The van der Waals surface area contributed by atoms with E-state index in [1.807, 2.05) is 6.92 Å². The predicted molar refractivity (Wildman–Crippen MR) is 60.4 cm³/mol. The minimum Gasteiger partial charge on any atom is -0.388 e. The second kappa shape index (κ2) is 5.30. The molecule has 3 N–H and O–H groups in total. The highest BCUT2D eigenvalue weighted by molar-refractivity contribution is 5.80. The van der Waals surface area contributed by atoms with Crippen LogP contribution < -0.4 is 5.32 Å². The van der Waals surface area contributed by atoms with Crippen molar-refractivity contribution in [2.75, 3.05) is 32.8 Å². The smallest absolute Gasteiger partial charge is 0.229 e. The van der Waals surface area contributed by atoms with Gasteiger partial charge < -0.3 is 25.2 Å². The van der Waals surface area contributed by atoms with E-state index in [1.54, 1.807) is 0 Å². The molecule has 0 aromatic rings. The number of amides is 1. The van der Waals surface area contributed by atoms with Gasteiger partial charge in [0.1, 0.15) is 0 Å². The average Bonchev–Trinajstić information content (AvgIpc) is 2.87. The summed E-state index contributed by atoms with van der Waals surface area (Å²) in [6.07, 6.45) is -1.64. The van der Waals surface area contributed by atoms with Gasteiger partial charge in [-0.3, -0.25) is 4.79 Å². The van der Waals surface area contributed by atoms with Gasteiger partial charge in [-0.25, -0.2) is 0 Å². The van der Waals surface area contributed by atoms with Crippen molar-refractivity contribution in [2.45, 2.75) is 25.2 Å². The maximum absolute atomic E-state index is 12.2. The van der Waals surface area contributed by atoms with Crippen molar-refractivity contribution in [3.63, 3.8) is 0 Å². The van der Waals surface area contributed by atoms with Crippen molar-refractivity contribution in [3.8, 4) is 0 Å². The van der Waals surface area contributed by atoms with Crippen LogP contribution >= 0.6 is 0 Å². The minimum absolute atomic E-state index is 0.0379. The second-order valence-corrected chi connectivity index (χ2v) is 4.69. The van der Waals surface area contributed by atoms with E-state index in [4.69, 9.17) is 4.74 Å². The Morgan fingerprint density at radius 2 is 2.00 bits per heavy atom. The zero-order valence-electron chi connectivity index (χ0n) is 10.0. The van der Waals surface area contributed by atoms with E-state index in [9.17, 15) is 15.0 Å². The van der Waals surface area contributed by atoms with Gasteiger partial charge in [0.05, 0.1) is 31.3 Å². The highest BCUT2D eigenvalue weighted by atomic mass is 16.5. The summed E-state index contributed by atoms with van der Waals surface area (Å²) in [5, 5.41) is 22.1. The molecule has 17 heavy (non-hydrogen) atoms. The van der Waals surface area contributed by atoms with E-state index in [0.717, 1.165) is 6.54 Å². The molecular weight excluding hydrogens is 224 g/mol. The molecule has 6 heteroatoms. The van der Waals surface area contributed by atoms with E-state index >= 15 is 0 Å². The summed E-state index contributed by atoms with van der Waals surface area (Å²) in [6, 6.07) is 0.0439. The summed E-state index contributed by atoms with van der Waals surface area (Å²) in [5.41, 5.74) is 0. The third kappa shape index (κ3) is 2.60. The SMILES string of the molecule is CCNC1COCC1C(=O)N1CC(O)C(O)C1. The van der Waals surface area contributed by atoms with Crippen molar-refractivity contribution >= 4 is 5.91 Å². The number of nitrogens with one attached hydrogen (secondary N) is 1. The topological polar surface area (TPSA) is 82.0 Å². The van der Waals surface area contributed by atoms with Gasteiger partial charge in [-0.2, -0.15) is 0 Å². The quantitative estimate of drug-likeness (QED) is 0.544. The average molecular weight is 244 g/mol. The number of carbonyl (C=O) groups is 1. The van der Waals surface area contributed by atoms with Gasteiger partial charge in [0.2, 0.25) is 5.91 Å². The number of likely N-dealkylation sites (tertiary alicyclic amines) is 1. The first-order valence-corrected chi connectivity index (χ1v) is 6.09. The first kappa shape index (κ1) is 12.8. The van der Waals surface area contributed by atoms with Crippen LogP contribution in [0.3, 0.4) is 0 Å². The lowest BCUT2D eigenvalue weighted by Gasteiger charge is -2.23. The molecule has 2 fully saturated rings. The molecule has 2 aliphatic rings. The fourth-order valence-electron chi connectivity index (χ4n) is 2.44. The number of carbonyl (C=O) groups excluding carboxylic acids is 1. The molecule has 6 nitrogen and oxygen atoms in total. The van der Waals surface area contributed by atoms with Crippen LogP contribution in [0.2, 0.25) is 0 Å². The van der Waals surface area contributed by atoms with Crippen LogP contribution in [0.15, 0.2) is 0 Å². The van der Waals surface area contributed by atoms with Gasteiger partial charge in [0.15, 0.2) is 0 Å². The van der Waals surface area contributed by atoms with Gasteiger partial charge in [-0.05, 0) is 6.54 Å². The van der Waals surface area contributed by atoms with Gasteiger partial charge in [-0.15, -0.1) is 0 Å². The molecule has 2 rings (SSSR count). The van der Waals surface area contributed by atoms with Gasteiger partial charge >= 0.3 is 0 Å². The normalized spacial score (nSPS) is 37.7. The molecule has 2 saturated heterocycles. The molecule has 0 bridgehead atoms. The van der Waals surface area contributed by atoms with E-state index in [2.05, 4.69) is 5.32 Å². The summed E-state index contributed by atoms with van der Waals surface area (Å²) in [6.45, 7) is 4.18. The minimum atomic E-state index is -0.821. The first-order chi connectivity index (χ1) is 8.13. The van der Waals surface area contributed by atoms with E-state index < -0.39 is 12.2 Å². The van der Waals surface area contributed by atoms with Crippen LogP contribution in [-0.2, 0) is 9.53 Å². The molecule has 0 saturated carbocycles.